The third-order valence-corrected chi connectivity index (χ3v) is 2.59. The molecule has 0 saturated carbocycles. The van der Waals surface area contributed by atoms with Crippen LogP contribution in [0.3, 0.4) is 0 Å². The molecule has 0 aliphatic heterocycles. The molecule has 1 N–H and O–H groups in total. The fourth-order valence-electron chi connectivity index (χ4n) is 1.58. The average molecular weight is 246 g/mol. The molecule has 0 saturated heterocycles. The van der Waals surface area contributed by atoms with E-state index in [-0.39, 0.29) is 12.3 Å². The van der Waals surface area contributed by atoms with Gasteiger partial charge in [-0.15, -0.1) is 10.2 Å². The summed E-state index contributed by atoms with van der Waals surface area (Å²) in [7, 11) is 0. The second-order valence-electron chi connectivity index (χ2n) is 4.35. The summed E-state index contributed by atoms with van der Waals surface area (Å²) in [6.07, 6.45) is -0.253. The highest BCUT2D eigenvalue weighted by molar-refractivity contribution is 5.68. The predicted molar refractivity (Wildman–Crippen MR) is 65.2 cm³/mol. The second kappa shape index (κ2) is 5.00. The van der Waals surface area contributed by atoms with Crippen LogP contribution >= 0.6 is 0 Å². The van der Waals surface area contributed by atoms with Gasteiger partial charge < -0.3 is 9.52 Å². The number of carboxylic acid groups (broad SMARTS) is 1. The molecule has 94 valence electrons. The Morgan fingerprint density at radius 2 is 1.94 bits per heavy atom. The Balaban J connectivity index is 2.20. The molecule has 5 nitrogen and oxygen atoms in total. The second-order valence-corrected chi connectivity index (χ2v) is 4.35. The molecule has 0 spiro atoms. The molecule has 0 radical (unpaired) electrons. The summed E-state index contributed by atoms with van der Waals surface area (Å²) in [6.45, 7) is 4.24. The maximum atomic E-state index is 10.5. The maximum absolute atomic E-state index is 10.5. The van der Waals surface area contributed by atoms with Crippen molar-refractivity contribution in [2.75, 3.05) is 0 Å². The van der Waals surface area contributed by atoms with Crippen molar-refractivity contribution < 1.29 is 14.3 Å². The molecule has 1 heterocycles. The largest absolute Gasteiger partial charge is 0.481 e. The van der Waals surface area contributed by atoms with Gasteiger partial charge in [-0.25, -0.2) is 0 Å². The Labute approximate surface area is 104 Å². The van der Waals surface area contributed by atoms with Gasteiger partial charge in [0, 0.05) is 5.56 Å². The molecule has 18 heavy (non-hydrogen) atoms. The van der Waals surface area contributed by atoms with Crippen LogP contribution < -0.4 is 0 Å². The van der Waals surface area contributed by atoms with Crippen LogP contribution in [-0.4, -0.2) is 21.3 Å². The quantitative estimate of drug-likeness (QED) is 0.896. The lowest BCUT2D eigenvalue weighted by molar-refractivity contribution is -0.136. The number of hydrogen-bond donors (Lipinski definition) is 1. The third kappa shape index (κ3) is 2.74. The predicted octanol–water partition coefficient (Wildman–Crippen LogP) is 2.49. The normalized spacial score (nSPS) is 10.8. The van der Waals surface area contributed by atoms with E-state index in [1.165, 1.54) is 5.56 Å². The van der Waals surface area contributed by atoms with E-state index in [0.717, 1.165) is 5.56 Å². The molecule has 2 rings (SSSR count). The van der Waals surface area contributed by atoms with E-state index in [1.54, 1.807) is 0 Å². The summed E-state index contributed by atoms with van der Waals surface area (Å²) >= 11 is 0. The zero-order valence-electron chi connectivity index (χ0n) is 10.3. The van der Waals surface area contributed by atoms with Gasteiger partial charge in [0.2, 0.25) is 11.8 Å². The van der Waals surface area contributed by atoms with Gasteiger partial charge >= 0.3 is 5.97 Å². The monoisotopic (exact) mass is 246 g/mol. The van der Waals surface area contributed by atoms with Gasteiger partial charge in [-0.1, -0.05) is 26.0 Å². The fourth-order valence-corrected chi connectivity index (χ4v) is 1.58. The molecule has 1 aromatic carbocycles. The summed E-state index contributed by atoms with van der Waals surface area (Å²) in [5.74, 6) is -0.0587. The van der Waals surface area contributed by atoms with E-state index >= 15 is 0 Å². The lowest BCUT2D eigenvalue weighted by Gasteiger charge is -2.04. The minimum absolute atomic E-state index is 0.116. The minimum Gasteiger partial charge on any atom is -0.481 e. The fraction of sp³-hybridized carbons (Fsp3) is 0.308. The molecule has 2 aromatic rings. The number of hydrogen-bond acceptors (Lipinski definition) is 4. The summed E-state index contributed by atoms with van der Waals surface area (Å²) in [5.41, 5.74) is 2.02. The number of carbonyl (C=O) groups is 1. The first-order valence-electron chi connectivity index (χ1n) is 5.71. The Morgan fingerprint density at radius 3 is 2.50 bits per heavy atom. The molecule has 0 fully saturated rings. The van der Waals surface area contributed by atoms with Crippen molar-refractivity contribution in [1.82, 2.24) is 10.2 Å². The van der Waals surface area contributed by atoms with E-state index in [2.05, 4.69) is 24.0 Å². The van der Waals surface area contributed by atoms with Crippen LogP contribution in [0.2, 0.25) is 0 Å². The number of benzene rings is 1. The third-order valence-electron chi connectivity index (χ3n) is 2.59. The molecule has 0 bridgehead atoms. The Morgan fingerprint density at radius 1 is 1.28 bits per heavy atom. The number of rotatable bonds is 4. The van der Waals surface area contributed by atoms with Gasteiger partial charge in [0.15, 0.2) is 0 Å². The van der Waals surface area contributed by atoms with E-state index < -0.39 is 5.97 Å². The molecule has 0 aliphatic carbocycles. The Bertz CT molecular complexity index is 544. The number of aromatic nitrogens is 2. The summed E-state index contributed by atoms with van der Waals surface area (Å²) in [4.78, 5) is 10.5. The lowest BCUT2D eigenvalue weighted by Crippen LogP contribution is -1.99. The van der Waals surface area contributed by atoms with Crippen molar-refractivity contribution in [3.8, 4) is 11.5 Å². The first-order valence-corrected chi connectivity index (χ1v) is 5.71. The van der Waals surface area contributed by atoms with Crippen molar-refractivity contribution in [1.29, 1.82) is 0 Å². The van der Waals surface area contributed by atoms with Gasteiger partial charge in [0.1, 0.15) is 6.42 Å². The van der Waals surface area contributed by atoms with Gasteiger partial charge in [-0.05, 0) is 23.6 Å². The van der Waals surface area contributed by atoms with Crippen molar-refractivity contribution >= 4 is 5.97 Å². The number of aliphatic carboxylic acids is 1. The van der Waals surface area contributed by atoms with Crippen molar-refractivity contribution in [3.63, 3.8) is 0 Å². The highest BCUT2D eigenvalue weighted by Gasteiger charge is 2.11. The van der Waals surface area contributed by atoms with Crippen LogP contribution in [0, 0.1) is 0 Å². The van der Waals surface area contributed by atoms with Crippen LogP contribution in [-0.2, 0) is 11.2 Å². The molecule has 0 aliphatic rings. The smallest absolute Gasteiger partial charge is 0.312 e. The lowest BCUT2D eigenvalue weighted by atomic mass is 10.0. The van der Waals surface area contributed by atoms with Crippen LogP contribution in [0.25, 0.3) is 11.5 Å². The Hall–Kier alpha value is -2.17. The zero-order chi connectivity index (χ0) is 13.1. The van der Waals surface area contributed by atoms with Crippen LogP contribution in [0.5, 0.6) is 0 Å². The molecular weight excluding hydrogens is 232 g/mol. The molecule has 0 amide bonds. The highest BCUT2D eigenvalue weighted by Crippen LogP contribution is 2.21. The van der Waals surface area contributed by atoms with Crippen LogP contribution in [0.4, 0.5) is 0 Å². The summed E-state index contributed by atoms with van der Waals surface area (Å²) in [6, 6.07) is 7.79. The molecule has 5 heteroatoms. The first kappa shape index (κ1) is 12.3. The maximum Gasteiger partial charge on any atom is 0.312 e. The van der Waals surface area contributed by atoms with Gasteiger partial charge in [-0.3, -0.25) is 4.79 Å². The van der Waals surface area contributed by atoms with Crippen molar-refractivity contribution in [2.24, 2.45) is 0 Å². The topological polar surface area (TPSA) is 76.2 Å². The van der Waals surface area contributed by atoms with Gasteiger partial charge in [0.25, 0.3) is 0 Å². The Kier molecular flexibility index (Phi) is 3.41. The highest BCUT2D eigenvalue weighted by atomic mass is 16.4. The van der Waals surface area contributed by atoms with E-state index in [9.17, 15) is 4.79 Å². The molecular formula is C13H14N2O3. The molecule has 0 atom stereocenters. The van der Waals surface area contributed by atoms with Crippen LogP contribution in [0.1, 0.15) is 31.2 Å². The molecule has 1 aromatic heterocycles. The van der Waals surface area contributed by atoms with Crippen molar-refractivity contribution in [3.05, 3.63) is 35.7 Å². The van der Waals surface area contributed by atoms with E-state index in [0.29, 0.717) is 11.8 Å². The zero-order valence-corrected chi connectivity index (χ0v) is 10.3. The van der Waals surface area contributed by atoms with Crippen LogP contribution in [0.15, 0.2) is 28.7 Å². The van der Waals surface area contributed by atoms with E-state index in [4.69, 9.17) is 9.52 Å². The standard InChI is InChI=1S/C13H14N2O3/c1-8(2)9-3-5-10(6-4-9)13-15-14-11(18-13)7-12(16)17/h3-6,8H,7H2,1-2H3,(H,16,17). The molecule has 0 unspecified atom stereocenters. The van der Waals surface area contributed by atoms with Crippen molar-refractivity contribution in [2.45, 2.75) is 26.2 Å². The number of carboxylic acids is 1. The minimum atomic E-state index is -0.986. The van der Waals surface area contributed by atoms with Gasteiger partial charge in [-0.2, -0.15) is 0 Å². The first-order chi connectivity index (χ1) is 8.56. The number of nitrogens with zero attached hydrogens (tertiary/aromatic N) is 2. The van der Waals surface area contributed by atoms with E-state index in [1.807, 2.05) is 24.3 Å². The SMILES string of the molecule is CC(C)c1ccc(-c2nnc(CC(=O)O)o2)cc1. The summed E-state index contributed by atoms with van der Waals surface area (Å²) in [5, 5.41) is 16.1. The van der Waals surface area contributed by atoms with Gasteiger partial charge in [0.05, 0.1) is 0 Å². The summed E-state index contributed by atoms with van der Waals surface area (Å²) < 4.78 is 5.28. The average Bonchev–Trinajstić information content (AvgIpc) is 2.76.